The number of ether oxygens (including phenoxy) is 2. The van der Waals surface area contributed by atoms with Gasteiger partial charge in [0.1, 0.15) is 34.8 Å². The molecular weight excluding hydrogens is 401 g/mol. The Balaban J connectivity index is 2.17. The number of carbonyl (C=O) groups is 2. The van der Waals surface area contributed by atoms with Gasteiger partial charge in [-0.1, -0.05) is 11.6 Å². The summed E-state index contributed by atoms with van der Waals surface area (Å²) in [6.07, 6.45) is -3.49. The van der Waals surface area contributed by atoms with Gasteiger partial charge in [-0.25, -0.2) is 4.98 Å². The second kappa shape index (κ2) is 8.24. The van der Waals surface area contributed by atoms with E-state index in [9.17, 15) is 22.8 Å². The van der Waals surface area contributed by atoms with E-state index in [1.165, 1.54) is 0 Å². The van der Waals surface area contributed by atoms with Gasteiger partial charge in [0.25, 0.3) is 0 Å². The molecule has 0 bridgehead atoms. The first-order valence-electron chi connectivity index (χ1n) is 8.65. The lowest BCUT2D eigenvalue weighted by Crippen LogP contribution is -2.57. The van der Waals surface area contributed by atoms with Crippen molar-refractivity contribution >= 4 is 23.4 Å². The van der Waals surface area contributed by atoms with E-state index in [0.717, 1.165) is 12.3 Å². The second-order valence-corrected chi connectivity index (χ2v) is 8.03. The van der Waals surface area contributed by atoms with Crippen LogP contribution in [0, 0.1) is 5.92 Å². The Morgan fingerprint density at radius 1 is 1.36 bits per heavy atom. The zero-order valence-electron chi connectivity index (χ0n) is 15.9. The van der Waals surface area contributed by atoms with Gasteiger partial charge >= 0.3 is 12.1 Å². The molecule has 0 aliphatic carbocycles. The molecule has 2 heterocycles. The number of rotatable bonds is 4. The number of aromatic nitrogens is 1. The highest BCUT2D eigenvalue weighted by molar-refractivity contribution is 6.30. The quantitative estimate of drug-likeness (QED) is 0.455. The fourth-order valence-corrected chi connectivity index (χ4v) is 3.08. The highest BCUT2D eigenvalue weighted by atomic mass is 35.5. The molecular formula is C18H22ClF3N2O4. The highest BCUT2D eigenvalue weighted by Gasteiger charge is 2.42. The third-order valence-corrected chi connectivity index (χ3v) is 4.27. The zero-order chi connectivity index (χ0) is 21.3. The number of alkyl halides is 3. The summed E-state index contributed by atoms with van der Waals surface area (Å²) in [7, 11) is 0. The number of hydrogen-bond acceptors (Lipinski definition) is 6. The van der Waals surface area contributed by atoms with Gasteiger partial charge in [-0.15, -0.1) is 0 Å². The SMILES string of the molecule is C[C@H]1CC(=O)C(C(=O)OC(C)(C)C)[C@@H](COc2cnc(Cl)c(C(F)(F)F)c2)N1. The van der Waals surface area contributed by atoms with E-state index < -0.39 is 40.4 Å². The molecule has 1 aromatic heterocycles. The smallest absolute Gasteiger partial charge is 0.419 e. The van der Waals surface area contributed by atoms with Gasteiger partial charge in [0.05, 0.1) is 17.8 Å². The molecule has 1 aliphatic heterocycles. The van der Waals surface area contributed by atoms with Gasteiger partial charge in [-0.2, -0.15) is 13.2 Å². The summed E-state index contributed by atoms with van der Waals surface area (Å²) in [6.45, 7) is 6.58. The number of nitrogens with zero attached hydrogens (tertiary/aromatic N) is 1. The summed E-state index contributed by atoms with van der Waals surface area (Å²) >= 11 is 5.49. The first-order valence-corrected chi connectivity index (χ1v) is 9.03. The predicted molar refractivity (Wildman–Crippen MR) is 95.1 cm³/mol. The largest absolute Gasteiger partial charge is 0.490 e. The fourth-order valence-electron chi connectivity index (χ4n) is 2.87. The summed E-state index contributed by atoms with van der Waals surface area (Å²) in [4.78, 5) is 28.4. The maximum absolute atomic E-state index is 13.0. The third-order valence-electron chi connectivity index (χ3n) is 3.96. The van der Waals surface area contributed by atoms with Crippen molar-refractivity contribution in [3.63, 3.8) is 0 Å². The molecule has 0 aromatic carbocycles. The molecule has 2 rings (SSSR count). The second-order valence-electron chi connectivity index (χ2n) is 7.67. The van der Waals surface area contributed by atoms with Crippen LogP contribution >= 0.6 is 11.6 Å². The summed E-state index contributed by atoms with van der Waals surface area (Å²) in [6, 6.07) is -0.240. The Morgan fingerprint density at radius 2 is 2.00 bits per heavy atom. The van der Waals surface area contributed by atoms with Crippen LogP contribution in [0.1, 0.15) is 39.7 Å². The number of piperidine rings is 1. The monoisotopic (exact) mass is 422 g/mol. The van der Waals surface area contributed by atoms with Crippen LogP contribution in [0.4, 0.5) is 13.2 Å². The average molecular weight is 423 g/mol. The van der Waals surface area contributed by atoms with Gasteiger partial charge < -0.3 is 14.8 Å². The van der Waals surface area contributed by atoms with E-state index in [0.29, 0.717) is 0 Å². The molecule has 156 valence electrons. The third kappa shape index (κ3) is 5.81. The number of hydrogen-bond donors (Lipinski definition) is 1. The van der Waals surface area contributed by atoms with Crippen molar-refractivity contribution < 1.29 is 32.2 Å². The highest BCUT2D eigenvalue weighted by Crippen LogP contribution is 2.35. The van der Waals surface area contributed by atoms with Crippen LogP contribution in [0.25, 0.3) is 0 Å². The van der Waals surface area contributed by atoms with Gasteiger partial charge in [0.2, 0.25) is 0 Å². The van der Waals surface area contributed by atoms with Crippen molar-refractivity contribution in [1.82, 2.24) is 10.3 Å². The minimum absolute atomic E-state index is 0.140. The van der Waals surface area contributed by atoms with Crippen molar-refractivity contribution in [3.8, 4) is 5.75 Å². The Morgan fingerprint density at radius 3 is 2.57 bits per heavy atom. The minimum Gasteiger partial charge on any atom is -0.490 e. The first kappa shape index (κ1) is 22.4. The molecule has 0 spiro atoms. The summed E-state index contributed by atoms with van der Waals surface area (Å²) in [5.41, 5.74) is -1.91. The molecule has 0 saturated carbocycles. The van der Waals surface area contributed by atoms with Gasteiger partial charge in [-0.3, -0.25) is 9.59 Å². The molecule has 28 heavy (non-hydrogen) atoms. The number of carbonyl (C=O) groups excluding carboxylic acids is 2. The lowest BCUT2D eigenvalue weighted by Gasteiger charge is -2.35. The van der Waals surface area contributed by atoms with Crippen LogP contribution in [-0.4, -0.2) is 41.0 Å². The van der Waals surface area contributed by atoms with Crippen LogP contribution in [0.5, 0.6) is 5.75 Å². The van der Waals surface area contributed by atoms with Crippen molar-refractivity contribution in [1.29, 1.82) is 0 Å². The van der Waals surface area contributed by atoms with Crippen LogP contribution in [-0.2, 0) is 20.5 Å². The van der Waals surface area contributed by atoms with Crippen LogP contribution in [0.15, 0.2) is 12.3 Å². The van der Waals surface area contributed by atoms with Crippen molar-refractivity contribution in [3.05, 3.63) is 23.0 Å². The van der Waals surface area contributed by atoms with E-state index in [2.05, 4.69) is 10.3 Å². The number of ketones is 1. The van der Waals surface area contributed by atoms with Crippen LogP contribution in [0.2, 0.25) is 5.15 Å². The number of halogens is 4. The maximum Gasteiger partial charge on any atom is 0.419 e. The molecule has 6 nitrogen and oxygen atoms in total. The van der Waals surface area contributed by atoms with Crippen LogP contribution < -0.4 is 10.1 Å². The van der Waals surface area contributed by atoms with Crippen molar-refractivity contribution in [2.24, 2.45) is 5.92 Å². The van der Waals surface area contributed by atoms with Gasteiger partial charge in [0.15, 0.2) is 0 Å². The summed E-state index contributed by atoms with van der Waals surface area (Å²) in [5, 5.41) is 2.39. The number of pyridine rings is 1. The van der Waals surface area contributed by atoms with Gasteiger partial charge in [0, 0.05) is 12.5 Å². The standard InChI is InChI=1S/C18H22ClF3N2O4/c1-9-5-13(25)14(16(26)28-17(2,3)4)12(24-9)8-27-10-6-11(18(20,21)22)15(19)23-7-10/h6-7,9,12,14,24H,5,8H2,1-4H3/t9-,12+,14?/m0/s1. The molecule has 1 aromatic rings. The minimum atomic E-state index is -4.68. The first-order chi connectivity index (χ1) is 12.8. The Kier molecular flexibility index (Phi) is 6.60. The van der Waals surface area contributed by atoms with Crippen LogP contribution in [0.3, 0.4) is 0 Å². The number of esters is 1. The summed E-state index contributed by atoms with van der Waals surface area (Å²) < 4.78 is 49.6. The topological polar surface area (TPSA) is 77.5 Å². The molecule has 3 atom stereocenters. The molecule has 1 N–H and O–H groups in total. The van der Waals surface area contributed by atoms with Gasteiger partial charge in [-0.05, 0) is 33.8 Å². The normalized spacial score (nSPS) is 23.4. The number of Topliss-reactive ketones (excluding diaryl/α,β-unsaturated/α-hetero) is 1. The molecule has 1 fully saturated rings. The Bertz CT molecular complexity index is 749. The zero-order valence-corrected chi connectivity index (χ0v) is 16.6. The van der Waals surface area contributed by atoms with E-state index in [1.807, 2.05) is 0 Å². The lowest BCUT2D eigenvalue weighted by atomic mass is 9.86. The van der Waals surface area contributed by atoms with E-state index in [1.54, 1.807) is 27.7 Å². The molecule has 1 unspecified atom stereocenters. The lowest BCUT2D eigenvalue weighted by molar-refractivity contribution is -0.165. The molecule has 1 aliphatic rings. The predicted octanol–water partition coefficient (Wildman–Crippen LogP) is 3.41. The Hall–Kier alpha value is -1.87. The van der Waals surface area contributed by atoms with Crippen molar-refractivity contribution in [2.75, 3.05) is 6.61 Å². The molecule has 1 saturated heterocycles. The Labute approximate surface area is 165 Å². The van der Waals surface area contributed by atoms with Crippen molar-refractivity contribution in [2.45, 2.75) is 58.0 Å². The fraction of sp³-hybridized carbons (Fsp3) is 0.611. The van der Waals surface area contributed by atoms with E-state index in [4.69, 9.17) is 21.1 Å². The summed E-state index contributed by atoms with van der Waals surface area (Å²) in [5.74, 6) is -2.29. The molecule has 0 radical (unpaired) electrons. The van der Waals surface area contributed by atoms with E-state index >= 15 is 0 Å². The average Bonchev–Trinajstić information content (AvgIpc) is 2.50. The maximum atomic E-state index is 13.0. The molecule has 10 heteroatoms. The number of nitrogens with one attached hydrogen (secondary N) is 1. The van der Waals surface area contributed by atoms with E-state index in [-0.39, 0.29) is 30.6 Å². The molecule has 0 amide bonds.